The molecular formula is C21H21N5OS. The van der Waals surface area contributed by atoms with Crippen LogP contribution in [0.2, 0.25) is 0 Å². The number of para-hydroxylation sites is 1. The number of hydrogen-bond acceptors (Lipinski definition) is 4. The van der Waals surface area contributed by atoms with Crippen LogP contribution in [0.5, 0.6) is 0 Å². The molecule has 4 rings (SSSR count). The van der Waals surface area contributed by atoms with E-state index in [4.69, 9.17) is 0 Å². The first-order valence-corrected chi connectivity index (χ1v) is 9.98. The molecule has 0 atom stereocenters. The molecule has 0 spiro atoms. The number of benzene rings is 1. The van der Waals surface area contributed by atoms with Crippen LogP contribution >= 0.6 is 11.3 Å². The molecule has 142 valence electrons. The number of nitrogens with one attached hydrogen (secondary N) is 1. The molecule has 0 saturated carbocycles. The number of hydrogen-bond donors (Lipinski definition) is 1. The number of aromatic nitrogens is 4. The second kappa shape index (κ2) is 7.82. The van der Waals surface area contributed by atoms with Gasteiger partial charge in [0, 0.05) is 12.2 Å². The van der Waals surface area contributed by atoms with Gasteiger partial charge in [-0.2, -0.15) is 10.2 Å². The molecule has 6 nitrogen and oxygen atoms in total. The summed E-state index contributed by atoms with van der Waals surface area (Å²) < 4.78 is 3.70. The van der Waals surface area contributed by atoms with E-state index < -0.39 is 0 Å². The molecule has 3 heterocycles. The van der Waals surface area contributed by atoms with Crippen molar-refractivity contribution in [2.24, 2.45) is 0 Å². The van der Waals surface area contributed by atoms with Gasteiger partial charge >= 0.3 is 0 Å². The van der Waals surface area contributed by atoms with Crippen LogP contribution in [-0.4, -0.2) is 32.0 Å². The van der Waals surface area contributed by atoms with Crippen molar-refractivity contribution in [1.29, 1.82) is 0 Å². The van der Waals surface area contributed by atoms with Gasteiger partial charge in [0.2, 0.25) is 0 Å². The molecular weight excluding hydrogens is 370 g/mol. The lowest BCUT2D eigenvalue weighted by molar-refractivity contribution is 0.0951. The third kappa shape index (κ3) is 3.61. The Morgan fingerprint density at radius 1 is 1.14 bits per heavy atom. The Hall–Kier alpha value is -3.19. The van der Waals surface area contributed by atoms with Crippen LogP contribution < -0.4 is 5.32 Å². The third-order valence-electron chi connectivity index (χ3n) is 4.62. The molecule has 3 aromatic heterocycles. The van der Waals surface area contributed by atoms with Crippen molar-refractivity contribution >= 4 is 17.2 Å². The Morgan fingerprint density at radius 3 is 2.71 bits per heavy atom. The van der Waals surface area contributed by atoms with Gasteiger partial charge < -0.3 is 5.32 Å². The van der Waals surface area contributed by atoms with Crippen molar-refractivity contribution in [3.8, 4) is 16.3 Å². The fourth-order valence-corrected chi connectivity index (χ4v) is 3.80. The number of rotatable bonds is 6. The highest BCUT2D eigenvalue weighted by Gasteiger charge is 2.15. The first kappa shape index (κ1) is 18.2. The minimum absolute atomic E-state index is 0.122. The standard InChI is InChI=1S/C21H21N5OS/c1-15-13-19(20-9-6-12-28-20)24-25(15)11-10-22-21(27)18-14-23-26(16(18)2)17-7-4-3-5-8-17/h3-9,12-14H,10-11H2,1-2H3,(H,22,27). The van der Waals surface area contributed by atoms with Gasteiger partial charge in [0.25, 0.3) is 5.91 Å². The zero-order chi connectivity index (χ0) is 19.5. The van der Waals surface area contributed by atoms with Crippen LogP contribution in [0.4, 0.5) is 0 Å². The van der Waals surface area contributed by atoms with Crippen molar-refractivity contribution in [1.82, 2.24) is 24.9 Å². The fourth-order valence-electron chi connectivity index (χ4n) is 3.11. The van der Waals surface area contributed by atoms with E-state index in [1.54, 1.807) is 22.2 Å². The molecule has 1 amide bonds. The zero-order valence-electron chi connectivity index (χ0n) is 15.8. The highest BCUT2D eigenvalue weighted by Crippen LogP contribution is 2.23. The van der Waals surface area contributed by atoms with Crippen molar-refractivity contribution in [2.75, 3.05) is 6.54 Å². The lowest BCUT2D eigenvalue weighted by Gasteiger charge is -2.08. The number of carbonyl (C=O) groups is 1. The summed E-state index contributed by atoms with van der Waals surface area (Å²) in [6.45, 7) is 5.05. The molecule has 0 unspecified atom stereocenters. The molecule has 0 bridgehead atoms. The first-order chi connectivity index (χ1) is 13.6. The number of carbonyl (C=O) groups excluding carboxylic acids is 1. The second-order valence-corrected chi connectivity index (χ2v) is 7.47. The molecule has 0 aliphatic rings. The van der Waals surface area contributed by atoms with Gasteiger partial charge in [-0.25, -0.2) is 4.68 Å². The minimum Gasteiger partial charge on any atom is -0.350 e. The lowest BCUT2D eigenvalue weighted by Crippen LogP contribution is -2.28. The van der Waals surface area contributed by atoms with E-state index in [0.29, 0.717) is 18.7 Å². The van der Waals surface area contributed by atoms with Crippen LogP contribution in [0.25, 0.3) is 16.3 Å². The summed E-state index contributed by atoms with van der Waals surface area (Å²) in [5, 5.41) is 14.0. The Morgan fingerprint density at radius 2 is 1.96 bits per heavy atom. The van der Waals surface area contributed by atoms with Crippen LogP contribution in [0, 0.1) is 13.8 Å². The predicted octanol–water partition coefficient (Wildman–Crippen LogP) is 3.84. The summed E-state index contributed by atoms with van der Waals surface area (Å²) in [4.78, 5) is 13.7. The highest BCUT2D eigenvalue weighted by atomic mass is 32.1. The topological polar surface area (TPSA) is 64.7 Å². The van der Waals surface area contributed by atoms with Crippen molar-refractivity contribution in [3.05, 3.63) is 77.1 Å². The molecule has 0 radical (unpaired) electrons. The fraction of sp³-hybridized carbons (Fsp3) is 0.190. The second-order valence-electron chi connectivity index (χ2n) is 6.52. The van der Waals surface area contributed by atoms with Gasteiger partial charge in [0.05, 0.1) is 34.6 Å². The summed E-state index contributed by atoms with van der Waals surface area (Å²) in [7, 11) is 0. The van der Waals surface area contributed by atoms with Gasteiger partial charge in [0.15, 0.2) is 0 Å². The predicted molar refractivity (Wildman–Crippen MR) is 111 cm³/mol. The number of thiophene rings is 1. The molecule has 0 aliphatic heterocycles. The van der Waals surface area contributed by atoms with Crippen molar-refractivity contribution < 1.29 is 4.79 Å². The minimum atomic E-state index is -0.122. The summed E-state index contributed by atoms with van der Waals surface area (Å²) in [6, 6.07) is 15.9. The van der Waals surface area contributed by atoms with Gasteiger partial charge in [-0.1, -0.05) is 24.3 Å². The first-order valence-electron chi connectivity index (χ1n) is 9.10. The quantitative estimate of drug-likeness (QED) is 0.543. The monoisotopic (exact) mass is 391 g/mol. The van der Waals surface area contributed by atoms with E-state index in [1.165, 1.54) is 0 Å². The van der Waals surface area contributed by atoms with Gasteiger partial charge in [0.1, 0.15) is 5.69 Å². The molecule has 4 aromatic rings. The number of amides is 1. The van der Waals surface area contributed by atoms with E-state index in [9.17, 15) is 4.79 Å². The molecule has 0 aliphatic carbocycles. The Bertz CT molecular complexity index is 1080. The zero-order valence-corrected chi connectivity index (χ0v) is 16.6. The highest BCUT2D eigenvalue weighted by molar-refractivity contribution is 7.13. The maximum Gasteiger partial charge on any atom is 0.254 e. The van der Waals surface area contributed by atoms with E-state index >= 15 is 0 Å². The Kier molecular flexibility index (Phi) is 5.08. The molecule has 28 heavy (non-hydrogen) atoms. The van der Waals surface area contributed by atoms with Crippen LogP contribution in [-0.2, 0) is 6.54 Å². The Labute approximate surface area is 167 Å². The maximum absolute atomic E-state index is 12.6. The summed E-state index contributed by atoms with van der Waals surface area (Å²) in [6.07, 6.45) is 1.62. The SMILES string of the molecule is Cc1cc(-c2cccs2)nn1CCNC(=O)c1cnn(-c2ccccc2)c1C. The third-order valence-corrected chi connectivity index (χ3v) is 5.51. The van der Waals surface area contributed by atoms with Crippen molar-refractivity contribution in [2.45, 2.75) is 20.4 Å². The van der Waals surface area contributed by atoms with E-state index in [2.05, 4.69) is 27.6 Å². The number of nitrogens with zero attached hydrogens (tertiary/aromatic N) is 4. The van der Waals surface area contributed by atoms with E-state index in [0.717, 1.165) is 27.6 Å². The summed E-state index contributed by atoms with van der Waals surface area (Å²) in [5.74, 6) is -0.122. The van der Waals surface area contributed by atoms with Gasteiger partial charge in [-0.15, -0.1) is 11.3 Å². The largest absolute Gasteiger partial charge is 0.350 e. The molecule has 1 aromatic carbocycles. The average Bonchev–Trinajstić information content (AvgIpc) is 3.43. The number of aryl methyl sites for hydroxylation is 1. The molecule has 1 N–H and O–H groups in total. The smallest absolute Gasteiger partial charge is 0.254 e. The molecule has 0 fully saturated rings. The Balaban J connectivity index is 1.40. The van der Waals surface area contributed by atoms with Crippen LogP contribution in [0.1, 0.15) is 21.7 Å². The van der Waals surface area contributed by atoms with E-state index in [1.807, 2.05) is 60.3 Å². The van der Waals surface area contributed by atoms with Crippen LogP contribution in [0.15, 0.2) is 60.1 Å². The normalized spacial score (nSPS) is 10.9. The van der Waals surface area contributed by atoms with Gasteiger partial charge in [-0.3, -0.25) is 9.48 Å². The van der Waals surface area contributed by atoms with Crippen molar-refractivity contribution in [3.63, 3.8) is 0 Å². The van der Waals surface area contributed by atoms with Gasteiger partial charge in [-0.05, 0) is 43.5 Å². The summed E-state index contributed by atoms with van der Waals surface area (Å²) in [5.41, 5.74) is 4.39. The lowest BCUT2D eigenvalue weighted by atomic mass is 10.2. The van der Waals surface area contributed by atoms with E-state index in [-0.39, 0.29) is 5.91 Å². The average molecular weight is 392 g/mol. The summed E-state index contributed by atoms with van der Waals surface area (Å²) >= 11 is 1.67. The molecule has 7 heteroatoms. The molecule has 0 saturated heterocycles. The van der Waals surface area contributed by atoms with Crippen LogP contribution in [0.3, 0.4) is 0 Å². The maximum atomic E-state index is 12.6.